The van der Waals surface area contributed by atoms with Gasteiger partial charge < -0.3 is 15.4 Å². The Kier molecular flexibility index (Phi) is 9.58. The highest BCUT2D eigenvalue weighted by Crippen LogP contribution is 2.33. The van der Waals surface area contributed by atoms with Crippen LogP contribution in [-0.2, 0) is 4.79 Å². The van der Waals surface area contributed by atoms with Gasteiger partial charge in [-0.3, -0.25) is 9.69 Å². The molecule has 1 unspecified atom stereocenters. The van der Waals surface area contributed by atoms with Crippen LogP contribution in [0.3, 0.4) is 0 Å². The van der Waals surface area contributed by atoms with E-state index >= 15 is 0 Å². The molecule has 0 fully saturated rings. The number of anilines is 1. The maximum absolute atomic E-state index is 12.9. The zero-order chi connectivity index (χ0) is 25.7. The number of aryl methyl sites for hydroxylation is 1. The van der Waals surface area contributed by atoms with E-state index in [1.54, 1.807) is 37.4 Å². The Hall–Kier alpha value is -3.52. The molecule has 4 rings (SSSR count). The van der Waals surface area contributed by atoms with Gasteiger partial charge in [-0.05, 0) is 43.3 Å². The van der Waals surface area contributed by atoms with E-state index in [0.717, 1.165) is 10.9 Å². The van der Waals surface area contributed by atoms with Crippen molar-refractivity contribution < 1.29 is 14.3 Å². The minimum atomic E-state index is -1.02. The Labute approximate surface area is 231 Å². The summed E-state index contributed by atoms with van der Waals surface area (Å²) in [4.78, 5) is 31.4. The van der Waals surface area contributed by atoms with Crippen LogP contribution in [-0.4, -0.2) is 30.5 Å². The first-order valence-electron chi connectivity index (χ1n) is 11.2. The number of rotatable bonds is 7. The van der Waals surface area contributed by atoms with Crippen LogP contribution in [0, 0.1) is 6.92 Å². The third-order valence-electron chi connectivity index (χ3n) is 5.52. The maximum atomic E-state index is 12.9. The van der Waals surface area contributed by atoms with E-state index in [1.807, 2.05) is 55.5 Å². The van der Waals surface area contributed by atoms with Gasteiger partial charge >= 0.3 is 6.03 Å². The van der Waals surface area contributed by atoms with Gasteiger partial charge in [0.2, 0.25) is 12.1 Å². The number of benzene rings is 3. The lowest BCUT2D eigenvalue weighted by molar-refractivity contribution is -0.122. The fourth-order valence-electron chi connectivity index (χ4n) is 3.60. The molecule has 192 valence electrons. The summed E-state index contributed by atoms with van der Waals surface area (Å²) in [5.41, 5.74) is 2.55. The monoisotopic (exact) mass is 558 g/mol. The summed E-state index contributed by atoms with van der Waals surface area (Å²) in [5, 5.41) is 6.92. The predicted molar refractivity (Wildman–Crippen MR) is 150 cm³/mol. The summed E-state index contributed by atoms with van der Waals surface area (Å²) in [7, 11) is 1.62. The van der Waals surface area contributed by atoms with E-state index in [9.17, 15) is 9.59 Å². The summed E-state index contributed by atoms with van der Waals surface area (Å²) >= 11 is 12.9. The van der Waals surface area contributed by atoms with Gasteiger partial charge in [0.25, 0.3) is 0 Å². The second-order valence-electron chi connectivity index (χ2n) is 8.02. The van der Waals surface area contributed by atoms with E-state index in [4.69, 9.17) is 27.9 Å². The topological polar surface area (TPSA) is 83.6 Å². The van der Waals surface area contributed by atoms with E-state index in [-0.39, 0.29) is 19.0 Å². The summed E-state index contributed by atoms with van der Waals surface area (Å²) in [6.45, 7) is 1.53. The number of fused-ring (bicyclic) bond motifs is 1. The van der Waals surface area contributed by atoms with Gasteiger partial charge in [-0.25, -0.2) is 9.78 Å². The molecule has 0 aliphatic rings. The predicted octanol–water partition coefficient (Wildman–Crippen LogP) is 6.31. The smallest absolute Gasteiger partial charge is 0.322 e. The van der Waals surface area contributed by atoms with Gasteiger partial charge in [0, 0.05) is 18.1 Å². The molecule has 0 saturated heterocycles. The number of urea groups is 1. The summed E-state index contributed by atoms with van der Waals surface area (Å²) in [6.07, 6.45) is -1.02. The second-order valence-corrected chi connectivity index (χ2v) is 8.83. The second kappa shape index (κ2) is 12.6. The van der Waals surface area contributed by atoms with E-state index in [2.05, 4.69) is 15.6 Å². The van der Waals surface area contributed by atoms with Gasteiger partial charge in [-0.2, -0.15) is 0 Å². The number of aromatic nitrogens is 1. The van der Waals surface area contributed by atoms with Crippen molar-refractivity contribution in [3.05, 3.63) is 100 Å². The van der Waals surface area contributed by atoms with Crippen LogP contribution < -0.4 is 20.3 Å². The zero-order valence-electron chi connectivity index (χ0n) is 20.1. The summed E-state index contributed by atoms with van der Waals surface area (Å²) in [5.74, 6) is -0.0277. The molecule has 1 heterocycles. The van der Waals surface area contributed by atoms with Crippen molar-refractivity contribution in [1.29, 1.82) is 0 Å². The quantitative estimate of drug-likeness (QED) is 0.260. The lowest BCUT2D eigenvalue weighted by Gasteiger charge is -2.24. The SMILES string of the molecule is Cc1nc2ccccc2cc1OC(NC(=O)CNC(=O)N(C)c1ccccc1)c1c(Cl)cccc1Cl.Cl. The first kappa shape index (κ1) is 28.1. The molecule has 0 aliphatic heterocycles. The van der Waals surface area contributed by atoms with E-state index in [0.29, 0.717) is 32.7 Å². The molecule has 0 bridgehead atoms. The number of nitrogens with one attached hydrogen (secondary N) is 2. The van der Waals surface area contributed by atoms with Crippen LogP contribution in [0.15, 0.2) is 78.9 Å². The highest BCUT2D eigenvalue weighted by atomic mass is 35.5. The fourth-order valence-corrected chi connectivity index (χ4v) is 4.20. The molecule has 1 aromatic heterocycles. The minimum Gasteiger partial charge on any atom is -0.464 e. The number of nitrogens with zero attached hydrogens (tertiary/aromatic N) is 2. The van der Waals surface area contributed by atoms with Crippen molar-refractivity contribution in [2.75, 3.05) is 18.5 Å². The van der Waals surface area contributed by atoms with Crippen LogP contribution in [0.4, 0.5) is 10.5 Å². The molecule has 10 heteroatoms. The zero-order valence-corrected chi connectivity index (χ0v) is 22.4. The Balaban J connectivity index is 0.00000380. The first-order chi connectivity index (χ1) is 17.3. The maximum Gasteiger partial charge on any atom is 0.322 e. The van der Waals surface area contributed by atoms with Gasteiger partial charge in [0.05, 0.1) is 33.4 Å². The molecule has 37 heavy (non-hydrogen) atoms. The molecule has 0 aliphatic carbocycles. The number of para-hydroxylation sites is 2. The van der Waals surface area contributed by atoms with Gasteiger partial charge in [-0.1, -0.05) is 65.7 Å². The third kappa shape index (κ3) is 6.83. The van der Waals surface area contributed by atoms with Gasteiger partial charge in [0.1, 0.15) is 5.75 Å². The highest BCUT2D eigenvalue weighted by molar-refractivity contribution is 6.36. The highest BCUT2D eigenvalue weighted by Gasteiger charge is 2.24. The molecule has 0 spiro atoms. The lowest BCUT2D eigenvalue weighted by atomic mass is 10.1. The molecule has 3 aromatic carbocycles. The van der Waals surface area contributed by atoms with E-state index < -0.39 is 18.2 Å². The van der Waals surface area contributed by atoms with Crippen LogP contribution in [0.25, 0.3) is 10.9 Å². The average Bonchev–Trinajstić information content (AvgIpc) is 2.87. The van der Waals surface area contributed by atoms with Crippen LogP contribution >= 0.6 is 35.6 Å². The molecule has 2 N–H and O–H groups in total. The normalized spacial score (nSPS) is 11.2. The molecule has 0 saturated carbocycles. The van der Waals surface area contributed by atoms with Gasteiger partial charge in [-0.15, -0.1) is 12.4 Å². The molecular formula is C27H25Cl3N4O3. The standard InChI is InChI=1S/C27H24Cl2N4O3.ClH/c1-17-23(15-18-9-6-7-14-22(18)31-17)36-26(25-20(28)12-8-13-21(25)29)32-24(34)16-30-27(35)33(2)19-10-4-3-5-11-19;/h3-15,26H,16H2,1-2H3,(H,30,35)(H,32,34);1H. The molecule has 4 aromatic rings. The van der Waals surface area contributed by atoms with Crippen molar-refractivity contribution in [2.24, 2.45) is 0 Å². The fraction of sp³-hybridized carbons (Fsp3) is 0.148. The summed E-state index contributed by atoms with van der Waals surface area (Å²) in [6, 6.07) is 23.2. The van der Waals surface area contributed by atoms with Gasteiger partial charge in [0.15, 0.2) is 0 Å². The summed E-state index contributed by atoms with van der Waals surface area (Å²) < 4.78 is 6.21. The van der Waals surface area contributed by atoms with Crippen molar-refractivity contribution in [3.8, 4) is 5.75 Å². The number of hydrogen-bond acceptors (Lipinski definition) is 4. The molecule has 7 nitrogen and oxygen atoms in total. The van der Waals surface area contributed by atoms with Crippen molar-refractivity contribution >= 4 is 64.1 Å². The third-order valence-corrected chi connectivity index (χ3v) is 6.17. The minimum absolute atomic E-state index is 0. The first-order valence-corrected chi connectivity index (χ1v) is 11.9. The lowest BCUT2D eigenvalue weighted by Crippen LogP contribution is -2.44. The molecular weight excluding hydrogens is 535 g/mol. The number of hydrogen-bond donors (Lipinski definition) is 2. The van der Waals surface area contributed by atoms with Crippen molar-refractivity contribution in [3.63, 3.8) is 0 Å². The van der Waals surface area contributed by atoms with Crippen molar-refractivity contribution in [2.45, 2.75) is 13.2 Å². The van der Waals surface area contributed by atoms with Crippen LogP contribution in [0.2, 0.25) is 10.0 Å². The molecule has 1 atom stereocenters. The van der Waals surface area contributed by atoms with Crippen LogP contribution in [0.5, 0.6) is 5.75 Å². The number of ether oxygens (including phenoxy) is 1. The Bertz CT molecular complexity index is 1380. The average molecular weight is 560 g/mol. The number of pyridine rings is 1. The largest absolute Gasteiger partial charge is 0.464 e. The van der Waals surface area contributed by atoms with Crippen molar-refractivity contribution in [1.82, 2.24) is 15.6 Å². The molecule has 0 radical (unpaired) electrons. The van der Waals surface area contributed by atoms with E-state index in [1.165, 1.54) is 4.90 Å². The number of halogens is 3. The molecule has 3 amide bonds. The number of carbonyl (C=O) groups is 2. The van der Waals surface area contributed by atoms with Crippen LogP contribution in [0.1, 0.15) is 17.5 Å². The Morgan fingerprint density at radius 2 is 1.62 bits per heavy atom. The Morgan fingerprint density at radius 1 is 0.973 bits per heavy atom. The number of carbonyl (C=O) groups excluding carboxylic acids is 2. The Morgan fingerprint density at radius 3 is 2.32 bits per heavy atom. The number of amides is 3.